The van der Waals surface area contributed by atoms with Gasteiger partial charge in [-0.05, 0) is 13.3 Å². The van der Waals surface area contributed by atoms with Crippen molar-refractivity contribution in [3.63, 3.8) is 0 Å². The van der Waals surface area contributed by atoms with Crippen LogP contribution in [0.5, 0.6) is 0 Å². The number of aryl methyl sites for hydroxylation is 2. The molecule has 0 aliphatic rings. The van der Waals surface area contributed by atoms with Gasteiger partial charge in [-0.15, -0.1) is 11.3 Å². The van der Waals surface area contributed by atoms with Crippen molar-refractivity contribution in [1.29, 1.82) is 0 Å². The fraction of sp³-hybridized carbons (Fsp3) is 0.286. The third kappa shape index (κ3) is 2.43. The van der Waals surface area contributed by atoms with E-state index in [1.165, 1.54) is 12.7 Å². The number of esters is 1. The van der Waals surface area contributed by atoms with E-state index in [1.807, 2.05) is 38.1 Å². The Morgan fingerprint density at radius 1 is 1.33 bits per heavy atom. The SMILES string of the molecule is CCc1sc(-c2ccc(C)cc2)nc1C(=O)OC. The Kier molecular flexibility index (Phi) is 3.77. The molecule has 0 N–H and O–H groups in total. The third-order valence-corrected chi connectivity index (χ3v) is 3.94. The summed E-state index contributed by atoms with van der Waals surface area (Å²) in [7, 11) is 1.38. The average molecular weight is 261 g/mol. The van der Waals surface area contributed by atoms with Crippen LogP contribution in [0.2, 0.25) is 0 Å². The molecule has 2 aromatic rings. The van der Waals surface area contributed by atoms with Crippen LogP contribution in [0.3, 0.4) is 0 Å². The van der Waals surface area contributed by atoms with Crippen LogP contribution < -0.4 is 0 Å². The van der Waals surface area contributed by atoms with Crippen LogP contribution in [0.1, 0.15) is 27.9 Å². The molecule has 94 valence electrons. The van der Waals surface area contributed by atoms with E-state index in [0.717, 1.165) is 21.9 Å². The Bertz CT molecular complexity index is 558. The molecule has 0 saturated carbocycles. The molecule has 0 atom stereocenters. The lowest BCUT2D eigenvalue weighted by molar-refractivity contribution is 0.0594. The molecular formula is C14H15NO2S. The first-order valence-electron chi connectivity index (χ1n) is 5.80. The highest BCUT2D eigenvalue weighted by Crippen LogP contribution is 2.29. The average Bonchev–Trinajstić information content (AvgIpc) is 2.82. The van der Waals surface area contributed by atoms with E-state index < -0.39 is 0 Å². The van der Waals surface area contributed by atoms with E-state index in [2.05, 4.69) is 4.98 Å². The standard InChI is InChI=1S/C14H15NO2S/c1-4-11-12(14(16)17-3)15-13(18-11)10-7-5-9(2)6-8-10/h5-8H,4H2,1-3H3. The number of benzene rings is 1. The van der Waals surface area contributed by atoms with E-state index in [4.69, 9.17) is 4.74 Å². The second kappa shape index (κ2) is 5.31. The number of carbonyl (C=O) groups excluding carboxylic acids is 1. The maximum absolute atomic E-state index is 11.6. The zero-order chi connectivity index (χ0) is 13.1. The van der Waals surface area contributed by atoms with Crippen molar-refractivity contribution in [2.75, 3.05) is 7.11 Å². The molecule has 1 heterocycles. The van der Waals surface area contributed by atoms with Gasteiger partial charge < -0.3 is 4.74 Å². The Labute approximate surface area is 110 Å². The fourth-order valence-corrected chi connectivity index (χ4v) is 2.66. The van der Waals surface area contributed by atoms with Gasteiger partial charge in [0.1, 0.15) is 5.01 Å². The number of aromatic nitrogens is 1. The van der Waals surface area contributed by atoms with Gasteiger partial charge in [0.05, 0.1) is 7.11 Å². The summed E-state index contributed by atoms with van der Waals surface area (Å²) in [4.78, 5) is 17.0. The number of ether oxygens (including phenoxy) is 1. The molecule has 0 spiro atoms. The molecule has 0 aliphatic carbocycles. The summed E-state index contributed by atoms with van der Waals surface area (Å²) in [6.07, 6.45) is 0.786. The van der Waals surface area contributed by atoms with Crippen LogP contribution in [-0.2, 0) is 11.2 Å². The minimum Gasteiger partial charge on any atom is -0.464 e. The zero-order valence-corrected chi connectivity index (χ0v) is 11.5. The van der Waals surface area contributed by atoms with Crippen LogP contribution in [0.4, 0.5) is 0 Å². The summed E-state index contributed by atoms with van der Waals surface area (Å²) in [6, 6.07) is 8.13. The lowest BCUT2D eigenvalue weighted by Gasteiger charge is -1.96. The number of hydrogen-bond acceptors (Lipinski definition) is 4. The second-order valence-corrected chi connectivity index (χ2v) is 5.09. The smallest absolute Gasteiger partial charge is 0.357 e. The highest BCUT2D eigenvalue weighted by molar-refractivity contribution is 7.15. The van der Waals surface area contributed by atoms with Gasteiger partial charge in [0.15, 0.2) is 5.69 Å². The normalized spacial score (nSPS) is 10.4. The third-order valence-electron chi connectivity index (χ3n) is 2.70. The first kappa shape index (κ1) is 12.8. The van der Waals surface area contributed by atoms with E-state index in [9.17, 15) is 4.79 Å². The zero-order valence-electron chi connectivity index (χ0n) is 10.7. The first-order valence-corrected chi connectivity index (χ1v) is 6.62. The number of hydrogen-bond donors (Lipinski definition) is 0. The van der Waals surface area contributed by atoms with Gasteiger partial charge in [0.25, 0.3) is 0 Å². The molecule has 0 unspecified atom stereocenters. The molecule has 0 saturated heterocycles. The van der Waals surface area contributed by atoms with Gasteiger partial charge in [0, 0.05) is 10.4 Å². The highest BCUT2D eigenvalue weighted by atomic mass is 32.1. The number of thiazole rings is 1. The Balaban J connectivity index is 2.43. The van der Waals surface area contributed by atoms with Crippen LogP contribution in [0.25, 0.3) is 10.6 Å². The molecule has 3 nitrogen and oxygen atoms in total. The lowest BCUT2D eigenvalue weighted by Crippen LogP contribution is -2.04. The van der Waals surface area contributed by atoms with Crippen molar-refractivity contribution in [2.45, 2.75) is 20.3 Å². The minimum absolute atomic E-state index is 0.360. The van der Waals surface area contributed by atoms with Crippen LogP contribution in [-0.4, -0.2) is 18.1 Å². The summed E-state index contributed by atoms with van der Waals surface area (Å²) in [5, 5.41) is 0.868. The largest absolute Gasteiger partial charge is 0.464 e. The van der Waals surface area contributed by atoms with Crippen molar-refractivity contribution in [3.8, 4) is 10.6 Å². The van der Waals surface area contributed by atoms with Gasteiger partial charge in [-0.3, -0.25) is 0 Å². The van der Waals surface area contributed by atoms with E-state index >= 15 is 0 Å². The number of nitrogens with zero attached hydrogens (tertiary/aromatic N) is 1. The van der Waals surface area contributed by atoms with E-state index in [0.29, 0.717) is 5.69 Å². The minimum atomic E-state index is -0.360. The van der Waals surface area contributed by atoms with Gasteiger partial charge in [-0.1, -0.05) is 36.8 Å². The van der Waals surface area contributed by atoms with Crippen molar-refractivity contribution in [3.05, 3.63) is 40.4 Å². The molecule has 1 aromatic heterocycles. The summed E-state index contributed by atoms with van der Waals surface area (Å²) in [6.45, 7) is 4.06. The van der Waals surface area contributed by atoms with E-state index in [1.54, 1.807) is 11.3 Å². The topological polar surface area (TPSA) is 39.2 Å². The van der Waals surface area contributed by atoms with Gasteiger partial charge >= 0.3 is 5.97 Å². The van der Waals surface area contributed by atoms with Crippen molar-refractivity contribution >= 4 is 17.3 Å². The monoisotopic (exact) mass is 261 g/mol. The molecule has 0 bridgehead atoms. The molecule has 2 rings (SSSR count). The quantitative estimate of drug-likeness (QED) is 0.794. The summed E-state index contributed by atoms with van der Waals surface area (Å²) < 4.78 is 4.75. The molecule has 1 aromatic carbocycles. The van der Waals surface area contributed by atoms with Gasteiger partial charge in [-0.2, -0.15) is 0 Å². The second-order valence-electron chi connectivity index (χ2n) is 4.00. The van der Waals surface area contributed by atoms with Crippen molar-refractivity contribution < 1.29 is 9.53 Å². The van der Waals surface area contributed by atoms with E-state index in [-0.39, 0.29) is 5.97 Å². The predicted molar refractivity (Wildman–Crippen MR) is 73.0 cm³/mol. The Morgan fingerprint density at radius 3 is 2.56 bits per heavy atom. The number of carbonyl (C=O) groups is 1. The lowest BCUT2D eigenvalue weighted by atomic mass is 10.2. The predicted octanol–water partition coefficient (Wildman–Crippen LogP) is 3.47. The number of rotatable bonds is 3. The number of methoxy groups -OCH3 is 1. The Morgan fingerprint density at radius 2 is 2.00 bits per heavy atom. The van der Waals surface area contributed by atoms with Crippen molar-refractivity contribution in [2.24, 2.45) is 0 Å². The van der Waals surface area contributed by atoms with Gasteiger partial charge in [-0.25, -0.2) is 9.78 Å². The molecule has 18 heavy (non-hydrogen) atoms. The Hall–Kier alpha value is -1.68. The maximum Gasteiger partial charge on any atom is 0.357 e. The maximum atomic E-state index is 11.6. The van der Waals surface area contributed by atoms with Crippen LogP contribution in [0, 0.1) is 6.92 Å². The van der Waals surface area contributed by atoms with Gasteiger partial charge in [0.2, 0.25) is 0 Å². The summed E-state index contributed by atoms with van der Waals surface area (Å²) in [5.41, 5.74) is 2.69. The molecule has 0 aliphatic heterocycles. The fourth-order valence-electron chi connectivity index (χ4n) is 1.67. The van der Waals surface area contributed by atoms with Crippen molar-refractivity contribution in [1.82, 2.24) is 4.98 Å². The molecule has 0 amide bonds. The molecule has 0 fully saturated rings. The van der Waals surface area contributed by atoms with Crippen LogP contribution >= 0.6 is 11.3 Å². The molecular weight excluding hydrogens is 246 g/mol. The molecule has 4 heteroatoms. The van der Waals surface area contributed by atoms with Crippen LogP contribution in [0.15, 0.2) is 24.3 Å². The summed E-state index contributed by atoms with van der Waals surface area (Å²) >= 11 is 1.55. The molecule has 0 radical (unpaired) electrons. The highest BCUT2D eigenvalue weighted by Gasteiger charge is 2.18. The first-order chi connectivity index (χ1) is 8.65. The summed E-state index contributed by atoms with van der Waals surface area (Å²) in [5.74, 6) is -0.360.